The van der Waals surface area contributed by atoms with Gasteiger partial charge in [0.15, 0.2) is 0 Å². The molecule has 0 fully saturated rings. The number of thiophene rings is 1. The van der Waals surface area contributed by atoms with Gasteiger partial charge in [-0.15, -0.1) is 11.3 Å². The molecule has 2 aromatic carbocycles. The first kappa shape index (κ1) is 20.9. The van der Waals surface area contributed by atoms with E-state index in [0.717, 1.165) is 34.5 Å². The lowest BCUT2D eigenvalue weighted by atomic mass is 10.1. The number of amides is 1. The molecule has 0 bridgehead atoms. The molecule has 5 rings (SSSR count). The van der Waals surface area contributed by atoms with E-state index in [1.807, 2.05) is 59.2 Å². The molecule has 0 radical (unpaired) electrons. The number of fused-ring (bicyclic) bond motifs is 1. The molecule has 7 heteroatoms. The largest absolute Gasteiger partial charge is 0.493 e. The van der Waals surface area contributed by atoms with Gasteiger partial charge in [0, 0.05) is 41.5 Å². The number of imidazole rings is 1. The van der Waals surface area contributed by atoms with E-state index >= 15 is 0 Å². The van der Waals surface area contributed by atoms with Gasteiger partial charge in [-0.1, -0.05) is 12.1 Å². The summed E-state index contributed by atoms with van der Waals surface area (Å²) in [5.41, 5.74) is 4.21. The number of aromatic nitrogens is 3. The third-order valence-corrected chi connectivity index (χ3v) is 6.23. The summed E-state index contributed by atoms with van der Waals surface area (Å²) in [6.07, 6.45) is 6.13. The Morgan fingerprint density at radius 1 is 1.06 bits per heavy atom. The van der Waals surface area contributed by atoms with Crippen LogP contribution in [0.25, 0.3) is 16.7 Å². The molecule has 5 aromatic rings. The minimum atomic E-state index is -0.139. The Bertz CT molecular complexity index is 1350. The van der Waals surface area contributed by atoms with E-state index in [-0.39, 0.29) is 5.91 Å². The Balaban J connectivity index is 1.25. The second-order valence-electron chi connectivity index (χ2n) is 7.53. The number of nitrogens with zero attached hydrogens (tertiary/aromatic N) is 3. The first-order valence-corrected chi connectivity index (χ1v) is 11.5. The standard InChI is InChI=1S/C26H22N4O2S/c31-26(28-17-19-3-1-12-27-16-19)20-5-10-25-24(15-20)29-18-30(25)21-6-8-22(9-7-21)32-13-11-23-4-2-14-33-23/h1-10,12,14-16,18H,11,13,17H2,(H,28,31). The fraction of sp³-hybridized carbons (Fsp3) is 0.115. The molecule has 0 unspecified atom stereocenters. The average molecular weight is 455 g/mol. The van der Waals surface area contributed by atoms with Crippen LogP contribution < -0.4 is 10.1 Å². The van der Waals surface area contributed by atoms with Gasteiger partial charge in [0.1, 0.15) is 12.1 Å². The second-order valence-corrected chi connectivity index (χ2v) is 8.57. The van der Waals surface area contributed by atoms with Gasteiger partial charge in [0.2, 0.25) is 0 Å². The van der Waals surface area contributed by atoms with Gasteiger partial charge >= 0.3 is 0 Å². The molecule has 1 N–H and O–H groups in total. The smallest absolute Gasteiger partial charge is 0.251 e. The number of carbonyl (C=O) groups is 1. The lowest BCUT2D eigenvalue weighted by Crippen LogP contribution is -2.22. The van der Waals surface area contributed by atoms with E-state index in [1.54, 1.807) is 30.1 Å². The van der Waals surface area contributed by atoms with Crippen molar-refractivity contribution in [3.05, 3.63) is 107 Å². The van der Waals surface area contributed by atoms with Crippen molar-refractivity contribution < 1.29 is 9.53 Å². The summed E-state index contributed by atoms with van der Waals surface area (Å²) in [4.78, 5) is 22.4. The molecule has 6 nitrogen and oxygen atoms in total. The Hall–Kier alpha value is -3.97. The van der Waals surface area contributed by atoms with Crippen molar-refractivity contribution in [2.45, 2.75) is 13.0 Å². The SMILES string of the molecule is O=C(NCc1cccnc1)c1ccc2c(c1)ncn2-c1ccc(OCCc2cccs2)cc1. The Morgan fingerprint density at radius 3 is 2.76 bits per heavy atom. The highest BCUT2D eigenvalue weighted by atomic mass is 32.1. The molecule has 0 saturated carbocycles. The van der Waals surface area contributed by atoms with Crippen LogP contribution >= 0.6 is 11.3 Å². The van der Waals surface area contributed by atoms with Crippen LogP contribution in [0, 0.1) is 0 Å². The number of nitrogens with one attached hydrogen (secondary N) is 1. The molecule has 3 aromatic heterocycles. The highest BCUT2D eigenvalue weighted by molar-refractivity contribution is 7.09. The molecule has 1 amide bonds. The van der Waals surface area contributed by atoms with E-state index < -0.39 is 0 Å². The normalized spacial score (nSPS) is 10.9. The molecule has 164 valence electrons. The first-order chi connectivity index (χ1) is 16.3. The van der Waals surface area contributed by atoms with Crippen LogP contribution in [-0.4, -0.2) is 27.0 Å². The minimum Gasteiger partial charge on any atom is -0.493 e. The van der Waals surface area contributed by atoms with E-state index in [1.165, 1.54) is 4.88 Å². The number of pyridine rings is 1. The topological polar surface area (TPSA) is 69.0 Å². The average Bonchev–Trinajstić information content (AvgIpc) is 3.53. The predicted molar refractivity (Wildman–Crippen MR) is 130 cm³/mol. The number of benzene rings is 2. The zero-order valence-corrected chi connectivity index (χ0v) is 18.7. The van der Waals surface area contributed by atoms with Gasteiger partial charge in [-0.2, -0.15) is 0 Å². The van der Waals surface area contributed by atoms with Crippen molar-refractivity contribution >= 4 is 28.3 Å². The maximum absolute atomic E-state index is 12.6. The van der Waals surface area contributed by atoms with Crippen LogP contribution in [-0.2, 0) is 13.0 Å². The van der Waals surface area contributed by atoms with E-state index in [2.05, 4.69) is 32.8 Å². The molecule has 0 aliphatic heterocycles. The van der Waals surface area contributed by atoms with E-state index in [4.69, 9.17) is 4.74 Å². The van der Waals surface area contributed by atoms with Crippen LogP contribution in [0.3, 0.4) is 0 Å². The van der Waals surface area contributed by atoms with Crippen LogP contribution in [0.5, 0.6) is 5.75 Å². The molecule has 33 heavy (non-hydrogen) atoms. The summed E-state index contributed by atoms with van der Waals surface area (Å²) in [6, 6.07) is 21.5. The second kappa shape index (κ2) is 9.67. The van der Waals surface area contributed by atoms with Crippen molar-refractivity contribution in [1.82, 2.24) is 19.9 Å². The van der Waals surface area contributed by atoms with E-state index in [9.17, 15) is 4.79 Å². The van der Waals surface area contributed by atoms with Gasteiger partial charge in [0.05, 0.1) is 17.6 Å². The number of hydrogen-bond donors (Lipinski definition) is 1. The molecule has 3 heterocycles. The van der Waals surface area contributed by atoms with Crippen molar-refractivity contribution in [1.29, 1.82) is 0 Å². The van der Waals surface area contributed by atoms with Crippen molar-refractivity contribution in [2.24, 2.45) is 0 Å². The van der Waals surface area contributed by atoms with Gasteiger partial charge in [0.25, 0.3) is 5.91 Å². The number of rotatable bonds is 8. The van der Waals surface area contributed by atoms with Gasteiger partial charge < -0.3 is 10.1 Å². The molecular weight excluding hydrogens is 432 g/mol. The Morgan fingerprint density at radius 2 is 1.97 bits per heavy atom. The Labute approximate surface area is 195 Å². The summed E-state index contributed by atoms with van der Waals surface area (Å²) < 4.78 is 7.87. The van der Waals surface area contributed by atoms with Crippen molar-refractivity contribution in [3.63, 3.8) is 0 Å². The molecule has 0 atom stereocenters. The summed E-state index contributed by atoms with van der Waals surface area (Å²) in [5, 5.41) is 5.00. The highest BCUT2D eigenvalue weighted by Crippen LogP contribution is 2.22. The summed E-state index contributed by atoms with van der Waals surface area (Å²) in [6.45, 7) is 1.08. The lowest BCUT2D eigenvalue weighted by Gasteiger charge is -2.09. The summed E-state index contributed by atoms with van der Waals surface area (Å²) >= 11 is 1.75. The van der Waals surface area contributed by atoms with Crippen LogP contribution in [0.15, 0.2) is 90.8 Å². The van der Waals surface area contributed by atoms with Crippen LogP contribution in [0.4, 0.5) is 0 Å². The fourth-order valence-electron chi connectivity index (χ4n) is 3.57. The third kappa shape index (κ3) is 4.94. The molecular formula is C26H22N4O2S. The monoisotopic (exact) mass is 454 g/mol. The van der Waals surface area contributed by atoms with E-state index in [0.29, 0.717) is 18.7 Å². The molecule has 0 saturated heterocycles. The lowest BCUT2D eigenvalue weighted by molar-refractivity contribution is 0.0951. The predicted octanol–water partition coefficient (Wildman–Crippen LogP) is 5.03. The third-order valence-electron chi connectivity index (χ3n) is 5.30. The van der Waals surface area contributed by atoms with Crippen LogP contribution in [0.1, 0.15) is 20.8 Å². The van der Waals surface area contributed by atoms with Gasteiger partial charge in [-0.25, -0.2) is 4.98 Å². The zero-order valence-electron chi connectivity index (χ0n) is 17.8. The maximum atomic E-state index is 12.6. The minimum absolute atomic E-state index is 0.139. The number of carbonyl (C=O) groups excluding carboxylic acids is 1. The summed E-state index contributed by atoms with van der Waals surface area (Å²) in [5.74, 6) is 0.701. The van der Waals surface area contributed by atoms with Crippen LogP contribution in [0.2, 0.25) is 0 Å². The van der Waals surface area contributed by atoms with Crippen molar-refractivity contribution in [3.8, 4) is 11.4 Å². The highest BCUT2D eigenvalue weighted by Gasteiger charge is 2.10. The summed E-state index contributed by atoms with van der Waals surface area (Å²) in [7, 11) is 0. The fourth-order valence-corrected chi connectivity index (χ4v) is 4.26. The van der Waals surface area contributed by atoms with Crippen molar-refractivity contribution in [2.75, 3.05) is 6.61 Å². The quantitative estimate of drug-likeness (QED) is 0.357. The molecule has 0 aliphatic rings. The maximum Gasteiger partial charge on any atom is 0.251 e. The van der Waals surface area contributed by atoms with Gasteiger partial charge in [-0.05, 0) is 65.5 Å². The Kier molecular flexibility index (Phi) is 6.12. The molecule has 0 aliphatic carbocycles. The zero-order chi connectivity index (χ0) is 22.5. The number of ether oxygens (including phenoxy) is 1. The first-order valence-electron chi connectivity index (χ1n) is 10.7. The molecule has 0 spiro atoms. The number of hydrogen-bond acceptors (Lipinski definition) is 5. The van der Waals surface area contributed by atoms with Gasteiger partial charge in [-0.3, -0.25) is 14.3 Å².